The molecule has 8 rings (SSSR count). The SMILES string of the molecule is Cc1cnc(N2CC3(CCOCC3)C2)c(C(=O)Nc2ccc(C(=O)N3CCc4cc(C(=O)C5NC=CN5C)sc4-c4ccc(F)cc43)cc2)c1. The van der Waals surface area contributed by atoms with Gasteiger partial charge in [0.15, 0.2) is 6.17 Å². The lowest BCUT2D eigenvalue weighted by Gasteiger charge is -2.53. The van der Waals surface area contributed by atoms with E-state index >= 15 is 0 Å². The quantitative estimate of drug-likeness (QED) is 0.243. The number of nitrogens with zero attached hydrogens (tertiary/aromatic N) is 4. The highest BCUT2D eigenvalue weighted by Gasteiger charge is 2.45. The number of likely N-dealkylation sites (N-methyl/N-ethyl adjacent to an activating group) is 1. The second-order valence-electron chi connectivity index (χ2n) is 13.6. The van der Waals surface area contributed by atoms with Gasteiger partial charge in [-0.15, -0.1) is 11.3 Å². The van der Waals surface area contributed by atoms with E-state index in [1.54, 1.807) is 47.6 Å². The van der Waals surface area contributed by atoms with E-state index in [2.05, 4.69) is 20.5 Å². The molecule has 2 aromatic heterocycles. The number of fused-ring (bicyclic) bond motifs is 3. The molecule has 2 fully saturated rings. The van der Waals surface area contributed by atoms with Crippen LogP contribution in [-0.4, -0.2) is 73.5 Å². The van der Waals surface area contributed by atoms with Gasteiger partial charge in [0.1, 0.15) is 11.6 Å². The van der Waals surface area contributed by atoms with Gasteiger partial charge in [0, 0.05) is 85.6 Å². The summed E-state index contributed by atoms with van der Waals surface area (Å²) >= 11 is 1.37. The van der Waals surface area contributed by atoms with Crippen molar-refractivity contribution in [2.45, 2.75) is 32.4 Å². The molecule has 4 aromatic rings. The first-order chi connectivity index (χ1) is 24.2. The maximum absolute atomic E-state index is 14.7. The molecule has 1 unspecified atom stereocenters. The summed E-state index contributed by atoms with van der Waals surface area (Å²) in [6, 6.07) is 15.0. The van der Waals surface area contributed by atoms with Gasteiger partial charge in [-0.2, -0.15) is 0 Å². The summed E-state index contributed by atoms with van der Waals surface area (Å²) in [7, 11) is 1.84. The molecule has 12 heteroatoms. The molecular formula is C38H37FN6O4S. The Kier molecular flexibility index (Phi) is 8.15. The number of hydrogen-bond donors (Lipinski definition) is 2. The third-order valence-corrected chi connectivity index (χ3v) is 11.4. The molecule has 0 aliphatic carbocycles. The van der Waals surface area contributed by atoms with Crippen LogP contribution in [0.4, 0.5) is 21.6 Å². The standard InChI is InChI=1S/C38H37FN6O4S/c1-23-17-29(34(41-20-23)44-21-38(22-44)10-15-49-16-11-38)36(47)42-27-6-3-24(4-7-27)37(48)45-13-9-25-18-31(32(46)35-40-12-14-43(35)2)50-33(25)28-8-5-26(39)19-30(28)45/h3-8,12,14,17-20,35,40H,9-11,13,15-16,21-22H2,1-2H3,(H,42,47). The lowest BCUT2D eigenvalue weighted by atomic mass is 9.73. The summed E-state index contributed by atoms with van der Waals surface area (Å²) in [4.78, 5) is 52.6. The van der Waals surface area contributed by atoms with Gasteiger partial charge in [0.25, 0.3) is 11.8 Å². The fourth-order valence-electron chi connectivity index (χ4n) is 7.36. The van der Waals surface area contributed by atoms with E-state index in [9.17, 15) is 18.8 Å². The zero-order valence-corrected chi connectivity index (χ0v) is 28.7. The molecule has 256 valence electrons. The van der Waals surface area contributed by atoms with Gasteiger partial charge in [-0.3, -0.25) is 14.4 Å². The molecule has 4 aliphatic heterocycles. The third-order valence-electron chi connectivity index (χ3n) is 10.2. The number of ketones is 1. The third kappa shape index (κ3) is 5.81. The predicted octanol–water partition coefficient (Wildman–Crippen LogP) is 5.84. The number of amides is 2. The van der Waals surface area contributed by atoms with Crippen molar-refractivity contribution in [2.24, 2.45) is 5.41 Å². The Hall–Kier alpha value is -5.07. The highest BCUT2D eigenvalue weighted by molar-refractivity contribution is 7.17. The summed E-state index contributed by atoms with van der Waals surface area (Å²) < 4.78 is 20.3. The number of thiophene rings is 1. The Morgan fingerprint density at radius 1 is 1.06 bits per heavy atom. The van der Waals surface area contributed by atoms with Crippen LogP contribution in [-0.2, 0) is 11.2 Å². The minimum Gasteiger partial charge on any atom is -0.381 e. The molecule has 10 nitrogen and oxygen atoms in total. The number of benzene rings is 2. The monoisotopic (exact) mass is 692 g/mol. The van der Waals surface area contributed by atoms with Crippen LogP contribution < -0.4 is 20.4 Å². The normalized spacial score (nSPS) is 18.9. The number of hydrogen-bond acceptors (Lipinski definition) is 9. The lowest BCUT2D eigenvalue weighted by Crippen LogP contribution is -2.59. The van der Waals surface area contributed by atoms with E-state index in [1.807, 2.05) is 37.2 Å². The second kappa shape index (κ2) is 12.7. The van der Waals surface area contributed by atoms with Crippen LogP contribution in [0.25, 0.3) is 10.4 Å². The van der Waals surface area contributed by atoms with Crippen LogP contribution in [0.5, 0.6) is 0 Å². The number of aromatic nitrogens is 1. The highest BCUT2D eigenvalue weighted by Crippen LogP contribution is 2.44. The van der Waals surface area contributed by atoms with E-state index in [1.165, 1.54) is 23.5 Å². The molecule has 1 spiro atoms. The molecule has 0 radical (unpaired) electrons. The van der Waals surface area contributed by atoms with Gasteiger partial charge < -0.3 is 30.1 Å². The Morgan fingerprint density at radius 3 is 2.58 bits per heavy atom. The van der Waals surface area contributed by atoms with Gasteiger partial charge in [-0.05, 0) is 91.9 Å². The van der Waals surface area contributed by atoms with E-state index in [4.69, 9.17) is 4.74 Å². The van der Waals surface area contributed by atoms with E-state index < -0.39 is 12.0 Å². The first kappa shape index (κ1) is 32.2. The van der Waals surface area contributed by atoms with Crippen molar-refractivity contribution in [1.82, 2.24) is 15.2 Å². The fraction of sp³-hybridized carbons (Fsp3) is 0.316. The number of nitrogens with one attached hydrogen (secondary N) is 2. The van der Waals surface area contributed by atoms with Gasteiger partial charge in [-0.25, -0.2) is 9.37 Å². The Morgan fingerprint density at radius 2 is 1.84 bits per heavy atom. The summed E-state index contributed by atoms with van der Waals surface area (Å²) in [6.45, 7) is 5.48. The molecule has 1 atom stereocenters. The van der Waals surface area contributed by atoms with Crippen molar-refractivity contribution >= 4 is 46.1 Å². The minimum atomic E-state index is -0.475. The maximum atomic E-state index is 14.7. The Bertz CT molecular complexity index is 2030. The van der Waals surface area contributed by atoms with Crippen LogP contribution in [0.15, 0.2) is 73.2 Å². The van der Waals surface area contributed by atoms with Crippen molar-refractivity contribution < 1.29 is 23.5 Å². The van der Waals surface area contributed by atoms with Crippen LogP contribution in [0.3, 0.4) is 0 Å². The number of Topliss-reactive ketones (excluding diaryl/α,β-unsaturated/α-hetero) is 1. The predicted molar refractivity (Wildman–Crippen MR) is 191 cm³/mol. The zero-order valence-electron chi connectivity index (χ0n) is 27.9. The topological polar surface area (TPSA) is 107 Å². The number of pyridine rings is 1. The average molecular weight is 693 g/mol. The number of halogens is 1. The van der Waals surface area contributed by atoms with Crippen molar-refractivity contribution in [3.05, 3.63) is 106 Å². The smallest absolute Gasteiger partial charge is 0.259 e. The van der Waals surface area contributed by atoms with Gasteiger partial charge in [0.05, 0.1) is 16.1 Å². The molecule has 6 heterocycles. The molecular weight excluding hydrogens is 656 g/mol. The van der Waals surface area contributed by atoms with Crippen molar-refractivity contribution in [2.75, 3.05) is 55.0 Å². The van der Waals surface area contributed by atoms with Crippen LogP contribution in [0, 0.1) is 18.2 Å². The summed E-state index contributed by atoms with van der Waals surface area (Å²) in [5.74, 6) is -0.374. The largest absolute Gasteiger partial charge is 0.381 e. The summed E-state index contributed by atoms with van der Waals surface area (Å²) in [5.41, 5.74) is 4.69. The molecule has 2 aromatic carbocycles. The molecule has 0 saturated carbocycles. The average Bonchev–Trinajstić information content (AvgIpc) is 3.70. The molecule has 4 aliphatic rings. The second-order valence-corrected chi connectivity index (χ2v) is 14.7. The van der Waals surface area contributed by atoms with E-state index in [0.717, 1.165) is 55.1 Å². The zero-order chi connectivity index (χ0) is 34.6. The van der Waals surface area contributed by atoms with Gasteiger partial charge in [0.2, 0.25) is 5.78 Å². The first-order valence-corrected chi connectivity index (χ1v) is 17.6. The summed E-state index contributed by atoms with van der Waals surface area (Å²) in [5, 5.41) is 6.07. The van der Waals surface area contributed by atoms with Crippen LogP contribution in [0.1, 0.15) is 54.4 Å². The van der Waals surface area contributed by atoms with Gasteiger partial charge >= 0.3 is 0 Å². The van der Waals surface area contributed by atoms with Gasteiger partial charge in [-0.1, -0.05) is 0 Å². The van der Waals surface area contributed by atoms with Crippen LogP contribution >= 0.6 is 11.3 Å². The van der Waals surface area contributed by atoms with Crippen molar-refractivity contribution in [1.29, 1.82) is 0 Å². The maximum Gasteiger partial charge on any atom is 0.259 e. The number of anilines is 3. The van der Waals surface area contributed by atoms with E-state index in [-0.39, 0.29) is 23.0 Å². The lowest BCUT2D eigenvalue weighted by molar-refractivity contribution is -0.000511. The highest BCUT2D eigenvalue weighted by atomic mass is 32.1. The number of carbonyl (C=O) groups excluding carboxylic acids is 3. The summed E-state index contributed by atoms with van der Waals surface area (Å²) in [6.07, 6.45) is 7.41. The number of aryl methyl sites for hydroxylation is 1. The number of carbonyl (C=O) groups is 3. The minimum absolute atomic E-state index is 0.0434. The Balaban J connectivity index is 0.995. The fourth-order valence-corrected chi connectivity index (χ4v) is 8.57. The number of ether oxygens (including phenoxy) is 1. The molecule has 50 heavy (non-hydrogen) atoms. The molecule has 2 N–H and O–H groups in total. The van der Waals surface area contributed by atoms with E-state index in [0.29, 0.717) is 51.7 Å². The molecule has 0 bridgehead atoms. The van der Waals surface area contributed by atoms with Crippen molar-refractivity contribution in [3.63, 3.8) is 0 Å². The number of rotatable bonds is 6. The first-order valence-electron chi connectivity index (χ1n) is 16.8. The Labute approximate surface area is 293 Å². The van der Waals surface area contributed by atoms with Crippen LogP contribution in [0.2, 0.25) is 0 Å². The molecule has 2 saturated heterocycles. The van der Waals surface area contributed by atoms with Crippen molar-refractivity contribution in [3.8, 4) is 10.4 Å². The molecule has 2 amide bonds.